The van der Waals surface area contributed by atoms with Crippen molar-refractivity contribution in [2.45, 2.75) is 18.8 Å². The molecule has 5 nitrogen and oxygen atoms in total. The van der Waals surface area contributed by atoms with Gasteiger partial charge in [-0.15, -0.1) is 0 Å². The van der Waals surface area contributed by atoms with Crippen LogP contribution in [0.4, 0.5) is 0 Å². The molecular weight excluding hydrogens is 469 g/mol. The Kier molecular flexibility index (Phi) is 6.72. The molecule has 1 aromatic heterocycles. The van der Waals surface area contributed by atoms with E-state index in [-0.39, 0.29) is 22.7 Å². The molecule has 0 amide bonds. The van der Waals surface area contributed by atoms with Gasteiger partial charge in [-0.05, 0) is 63.0 Å². The quantitative estimate of drug-likeness (QED) is 0.487. The zero-order valence-electron chi connectivity index (χ0n) is 17.7. The smallest absolute Gasteiger partial charge is 0.213 e. The van der Waals surface area contributed by atoms with Crippen molar-refractivity contribution in [3.63, 3.8) is 0 Å². The van der Waals surface area contributed by atoms with Gasteiger partial charge in [-0.1, -0.05) is 40.9 Å². The van der Waals surface area contributed by atoms with Crippen LogP contribution in [0.25, 0.3) is 10.9 Å². The summed E-state index contributed by atoms with van der Waals surface area (Å²) in [4.78, 5) is 36.8. The molecule has 3 aromatic rings. The second-order valence-corrected chi connectivity index (χ2v) is 9.45. The van der Waals surface area contributed by atoms with Crippen molar-refractivity contribution in [2.75, 3.05) is 27.2 Å². The number of ketones is 1. The Hall–Kier alpha value is -2.18. The van der Waals surface area contributed by atoms with Crippen molar-refractivity contribution in [2.24, 2.45) is 4.99 Å². The highest BCUT2D eigenvalue weighted by molar-refractivity contribution is 6.49. The van der Waals surface area contributed by atoms with Crippen LogP contribution in [-0.4, -0.2) is 48.6 Å². The van der Waals surface area contributed by atoms with Gasteiger partial charge in [0, 0.05) is 50.5 Å². The molecule has 4 rings (SSSR count). The summed E-state index contributed by atoms with van der Waals surface area (Å²) in [5, 5.41) is 1.81. The topological polar surface area (TPSA) is 65.5 Å². The Morgan fingerprint density at radius 1 is 1.06 bits per heavy atom. The van der Waals surface area contributed by atoms with Gasteiger partial charge < -0.3 is 9.88 Å². The lowest BCUT2D eigenvalue weighted by Crippen LogP contribution is -2.36. The third-order valence-corrected chi connectivity index (χ3v) is 6.42. The van der Waals surface area contributed by atoms with Crippen LogP contribution in [0.3, 0.4) is 0 Å². The van der Waals surface area contributed by atoms with Crippen molar-refractivity contribution >= 4 is 57.2 Å². The first kappa shape index (κ1) is 23.0. The van der Waals surface area contributed by atoms with Crippen LogP contribution in [-0.2, 0) is 6.42 Å². The molecule has 0 spiro atoms. The van der Waals surface area contributed by atoms with E-state index in [1.54, 1.807) is 30.3 Å². The third-order valence-electron chi connectivity index (χ3n) is 5.62. The van der Waals surface area contributed by atoms with Gasteiger partial charge in [0.2, 0.25) is 11.2 Å². The molecule has 1 aliphatic rings. The number of carbonyl (C=O) groups is 1. The van der Waals surface area contributed by atoms with E-state index in [1.165, 1.54) is 0 Å². The largest absolute Gasteiger partial charge is 0.358 e. The molecule has 1 atom stereocenters. The van der Waals surface area contributed by atoms with Crippen LogP contribution < -0.4 is 5.43 Å². The Labute approximate surface area is 201 Å². The summed E-state index contributed by atoms with van der Waals surface area (Å²) in [6, 6.07) is 10.3. The highest BCUT2D eigenvalue weighted by Crippen LogP contribution is 2.35. The predicted octanol–water partition coefficient (Wildman–Crippen LogP) is 5.40. The Morgan fingerprint density at radius 2 is 1.78 bits per heavy atom. The number of aromatic nitrogens is 1. The average molecular weight is 491 g/mol. The fourth-order valence-electron chi connectivity index (χ4n) is 4.10. The number of nitrogens with zero attached hydrogens (tertiary/aromatic N) is 2. The number of pyridine rings is 1. The van der Waals surface area contributed by atoms with Gasteiger partial charge in [0.15, 0.2) is 0 Å². The average Bonchev–Trinajstić information content (AvgIpc) is 2.73. The number of halogens is 3. The van der Waals surface area contributed by atoms with Crippen LogP contribution in [0.1, 0.15) is 34.0 Å². The van der Waals surface area contributed by atoms with Crippen LogP contribution in [0, 0.1) is 0 Å². The molecule has 1 aliphatic carbocycles. The molecule has 166 valence electrons. The normalized spacial score (nSPS) is 17.4. The lowest BCUT2D eigenvalue weighted by Gasteiger charge is -2.27. The third kappa shape index (κ3) is 4.48. The Balaban J connectivity index is 1.85. The van der Waals surface area contributed by atoms with Crippen LogP contribution in [0.15, 0.2) is 46.2 Å². The number of benzene rings is 2. The molecular formula is C24H22Cl3N3O2. The molecule has 1 unspecified atom stereocenters. The van der Waals surface area contributed by atoms with Crippen molar-refractivity contribution in [1.29, 1.82) is 0 Å². The highest BCUT2D eigenvalue weighted by Gasteiger charge is 2.36. The minimum Gasteiger partial charge on any atom is -0.358 e. The first-order valence-corrected chi connectivity index (χ1v) is 11.4. The maximum atomic E-state index is 13.6. The number of Topliss-reactive ketones (excluding diaryl/α,β-unsaturated/α-hetero) is 1. The molecule has 0 saturated heterocycles. The van der Waals surface area contributed by atoms with E-state index >= 15 is 0 Å². The summed E-state index contributed by atoms with van der Waals surface area (Å²) in [7, 11) is 3.97. The van der Waals surface area contributed by atoms with Crippen molar-refractivity contribution in [3.05, 3.63) is 78.5 Å². The number of hydrogen-bond acceptors (Lipinski definition) is 4. The van der Waals surface area contributed by atoms with E-state index < -0.39 is 0 Å². The first-order chi connectivity index (χ1) is 15.3. The number of H-pyrrole nitrogens is 1. The van der Waals surface area contributed by atoms with E-state index in [9.17, 15) is 9.59 Å². The molecule has 8 heteroatoms. The van der Waals surface area contributed by atoms with Gasteiger partial charge in [-0.3, -0.25) is 14.6 Å². The van der Waals surface area contributed by atoms with E-state index in [0.29, 0.717) is 50.3 Å². The Bertz CT molecular complexity index is 1300. The van der Waals surface area contributed by atoms with Gasteiger partial charge in [-0.25, -0.2) is 0 Å². The van der Waals surface area contributed by atoms with Crippen LogP contribution in [0.5, 0.6) is 0 Å². The monoisotopic (exact) mass is 489 g/mol. The maximum Gasteiger partial charge on any atom is 0.213 e. The lowest BCUT2D eigenvalue weighted by molar-refractivity contribution is 0.105. The maximum absolute atomic E-state index is 13.6. The second kappa shape index (κ2) is 9.36. The number of fused-ring (bicyclic) bond motifs is 2. The fraction of sp³-hybridized carbons (Fsp3) is 0.292. The predicted molar refractivity (Wildman–Crippen MR) is 132 cm³/mol. The van der Waals surface area contributed by atoms with Crippen molar-refractivity contribution in [3.8, 4) is 0 Å². The highest BCUT2D eigenvalue weighted by atomic mass is 35.5. The standard InChI is InChI=1S/C24H22Cl3N3O2/c1-30(2)9-3-8-28-22-16(15-6-4-14(26)11-18(15)27)12-20-21(24(22)32)23(31)17-10-13(25)5-7-19(17)29-20/h4-7,10-11,16H,3,8-9,12H2,1-2H3,(H,29,31). The summed E-state index contributed by atoms with van der Waals surface area (Å²) in [5.74, 6) is -0.741. The lowest BCUT2D eigenvalue weighted by atomic mass is 9.79. The number of carbonyl (C=O) groups excluding carboxylic acids is 1. The van der Waals surface area contributed by atoms with Crippen LogP contribution >= 0.6 is 34.8 Å². The number of hydrogen-bond donors (Lipinski definition) is 1. The van der Waals surface area contributed by atoms with Gasteiger partial charge in [-0.2, -0.15) is 0 Å². The van der Waals surface area contributed by atoms with E-state index in [4.69, 9.17) is 34.8 Å². The molecule has 0 saturated carbocycles. The second-order valence-electron chi connectivity index (χ2n) is 8.17. The summed E-state index contributed by atoms with van der Waals surface area (Å²) in [6.07, 6.45) is 1.20. The van der Waals surface area contributed by atoms with Gasteiger partial charge >= 0.3 is 0 Å². The van der Waals surface area contributed by atoms with E-state index in [2.05, 4.69) is 14.9 Å². The van der Waals surface area contributed by atoms with Crippen LogP contribution in [0.2, 0.25) is 15.1 Å². The molecule has 32 heavy (non-hydrogen) atoms. The number of nitrogens with one attached hydrogen (secondary N) is 1. The Morgan fingerprint density at radius 3 is 2.50 bits per heavy atom. The number of aromatic amines is 1. The summed E-state index contributed by atoms with van der Waals surface area (Å²) >= 11 is 18.7. The molecule has 1 N–H and O–H groups in total. The van der Waals surface area contributed by atoms with Crippen molar-refractivity contribution in [1.82, 2.24) is 9.88 Å². The number of aliphatic imine (C=N–C) groups is 1. The van der Waals surface area contributed by atoms with E-state index in [1.807, 2.05) is 20.2 Å². The zero-order valence-corrected chi connectivity index (χ0v) is 20.0. The van der Waals surface area contributed by atoms with Crippen molar-refractivity contribution < 1.29 is 4.79 Å². The molecule has 0 radical (unpaired) electrons. The van der Waals surface area contributed by atoms with Gasteiger partial charge in [0.05, 0.1) is 11.3 Å². The van der Waals surface area contributed by atoms with Gasteiger partial charge in [0.25, 0.3) is 0 Å². The number of rotatable bonds is 5. The zero-order chi connectivity index (χ0) is 23.0. The minimum absolute atomic E-state index is 0.132. The van der Waals surface area contributed by atoms with E-state index in [0.717, 1.165) is 18.5 Å². The molecule has 0 fully saturated rings. The SMILES string of the molecule is CN(C)CCCN=C1C(=O)c2c([nH]c3ccc(Cl)cc3c2=O)CC1c1ccc(Cl)cc1Cl. The molecule has 0 aliphatic heterocycles. The van der Waals surface area contributed by atoms with Gasteiger partial charge in [0.1, 0.15) is 0 Å². The molecule has 2 aromatic carbocycles. The summed E-state index contributed by atoms with van der Waals surface area (Å²) in [6.45, 7) is 1.32. The fourth-order valence-corrected chi connectivity index (χ4v) is 4.81. The first-order valence-electron chi connectivity index (χ1n) is 10.3. The summed E-state index contributed by atoms with van der Waals surface area (Å²) < 4.78 is 0. The summed E-state index contributed by atoms with van der Waals surface area (Å²) in [5.41, 5.74) is 2.14. The molecule has 1 heterocycles. The molecule has 0 bridgehead atoms. The minimum atomic E-state index is -0.375.